The zero-order chi connectivity index (χ0) is 22.0. The first kappa shape index (κ1) is 20.5. The van der Waals surface area contributed by atoms with Crippen LogP contribution in [0.2, 0.25) is 0 Å². The average Bonchev–Trinajstić information content (AvgIpc) is 3.26. The lowest BCUT2D eigenvalue weighted by Crippen LogP contribution is -2.08. The second-order valence-corrected chi connectivity index (χ2v) is 7.42. The summed E-state index contributed by atoms with van der Waals surface area (Å²) in [6.07, 6.45) is 1.42. The maximum absolute atomic E-state index is 12.3. The fourth-order valence-electron chi connectivity index (χ4n) is 3.17. The van der Waals surface area contributed by atoms with Gasteiger partial charge in [-0.15, -0.1) is 0 Å². The number of thiophene rings is 1. The molecule has 0 aliphatic rings. The Hall–Kier alpha value is -3.72. The number of phenolic OH excluding ortho intramolecular Hbond substituents is 1. The van der Waals surface area contributed by atoms with E-state index in [9.17, 15) is 23.8 Å². The van der Waals surface area contributed by atoms with Crippen LogP contribution in [0.5, 0.6) is 17.4 Å². The Labute approximate surface area is 178 Å². The molecule has 4 rings (SSSR count). The molecule has 31 heavy (non-hydrogen) atoms. The number of phenols is 1. The number of hydrogen-bond acceptors (Lipinski definition) is 6. The van der Waals surface area contributed by atoms with Gasteiger partial charge in [-0.2, -0.15) is 20.1 Å². The summed E-state index contributed by atoms with van der Waals surface area (Å²) in [7, 11) is 0. The van der Waals surface area contributed by atoms with E-state index in [2.05, 4.69) is 14.7 Å². The second-order valence-electron chi connectivity index (χ2n) is 6.64. The molecule has 4 aromatic rings. The third-order valence-corrected chi connectivity index (χ3v) is 5.31. The van der Waals surface area contributed by atoms with Crippen LogP contribution in [0, 0.1) is 0 Å². The zero-order valence-electron chi connectivity index (χ0n) is 15.9. The molecule has 0 spiro atoms. The third kappa shape index (κ3) is 4.41. The molecule has 2 heterocycles. The number of pyridine rings is 1. The summed E-state index contributed by atoms with van der Waals surface area (Å²) >= 11 is 1.55. The topological polar surface area (TPSA) is 94.9 Å². The van der Waals surface area contributed by atoms with Crippen molar-refractivity contribution in [2.24, 2.45) is 4.99 Å². The van der Waals surface area contributed by atoms with Gasteiger partial charge in [-0.25, -0.2) is 0 Å². The van der Waals surface area contributed by atoms with Crippen LogP contribution in [0.15, 0.2) is 63.0 Å². The molecule has 0 fully saturated rings. The number of benzene rings is 2. The van der Waals surface area contributed by atoms with Crippen molar-refractivity contribution in [3.63, 3.8) is 0 Å². The predicted octanol–water partition coefficient (Wildman–Crippen LogP) is 4.89. The first-order chi connectivity index (χ1) is 14.9. The van der Waals surface area contributed by atoms with E-state index in [1.165, 1.54) is 24.4 Å². The number of halogens is 2. The zero-order valence-corrected chi connectivity index (χ0v) is 16.7. The minimum absolute atomic E-state index is 0.104. The van der Waals surface area contributed by atoms with Crippen LogP contribution in [-0.2, 0) is 6.54 Å². The number of alkyl halides is 2. The Morgan fingerprint density at radius 2 is 1.94 bits per heavy atom. The number of aliphatic imine (C=N–C) groups is 1. The van der Waals surface area contributed by atoms with Crippen molar-refractivity contribution in [2.45, 2.75) is 13.2 Å². The van der Waals surface area contributed by atoms with Gasteiger partial charge in [0.1, 0.15) is 0 Å². The van der Waals surface area contributed by atoms with Crippen LogP contribution in [0.25, 0.3) is 21.9 Å². The number of rotatable bonds is 6. The summed E-state index contributed by atoms with van der Waals surface area (Å²) in [5.74, 6) is -1.06. The lowest BCUT2D eigenvalue weighted by atomic mass is 10.0. The van der Waals surface area contributed by atoms with E-state index in [1.807, 2.05) is 29.0 Å². The summed E-state index contributed by atoms with van der Waals surface area (Å²) in [5.41, 5.74) is 2.36. The molecule has 2 aromatic heterocycles. The molecule has 0 unspecified atom stereocenters. The second kappa shape index (κ2) is 8.57. The quantitative estimate of drug-likeness (QED) is 0.371. The number of nitrogens with one attached hydrogen (secondary N) is 1. The van der Waals surface area contributed by atoms with Gasteiger partial charge in [-0.1, -0.05) is 12.1 Å². The Morgan fingerprint density at radius 3 is 2.65 bits per heavy atom. The van der Waals surface area contributed by atoms with E-state index in [0.717, 1.165) is 11.1 Å². The van der Waals surface area contributed by atoms with Crippen molar-refractivity contribution in [3.05, 3.63) is 74.7 Å². The molecule has 0 bridgehead atoms. The van der Waals surface area contributed by atoms with Gasteiger partial charge in [0.15, 0.2) is 11.5 Å². The van der Waals surface area contributed by atoms with Crippen molar-refractivity contribution in [1.82, 2.24) is 4.98 Å². The largest absolute Gasteiger partial charge is 0.504 e. The number of nitrogens with zero attached hydrogens (tertiary/aromatic N) is 1. The van der Waals surface area contributed by atoms with Crippen molar-refractivity contribution >= 4 is 28.3 Å². The van der Waals surface area contributed by atoms with Crippen LogP contribution in [0.4, 0.5) is 8.78 Å². The van der Waals surface area contributed by atoms with Gasteiger partial charge in [0.05, 0.1) is 12.1 Å². The standard InChI is InChI=1S/C22H16F2N2O4S/c23-22(24)30-19-4-1-12(7-18(19)27)9-25-10-17-16-8-13(14-5-6-31-11-14)2-3-15(16)20(28)26-21(17)29/h1-8,10-11,22,27H,9H2,(H2,26,28,29). The number of aromatic nitrogens is 1. The first-order valence-electron chi connectivity index (χ1n) is 9.10. The highest BCUT2D eigenvalue weighted by molar-refractivity contribution is 7.08. The minimum Gasteiger partial charge on any atom is -0.504 e. The van der Waals surface area contributed by atoms with E-state index in [1.54, 1.807) is 17.4 Å². The smallest absolute Gasteiger partial charge is 0.387 e. The molecule has 158 valence electrons. The van der Waals surface area contributed by atoms with Gasteiger partial charge < -0.3 is 14.9 Å². The van der Waals surface area contributed by atoms with Crippen LogP contribution < -0.4 is 10.3 Å². The summed E-state index contributed by atoms with van der Waals surface area (Å²) in [6, 6.07) is 11.3. The molecule has 0 radical (unpaired) electrons. The normalized spacial score (nSPS) is 11.6. The molecule has 0 atom stereocenters. The van der Waals surface area contributed by atoms with E-state index in [-0.39, 0.29) is 18.2 Å². The molecular formula is C22H16F2N2O4S. The van der Waals surface area contributed by atoms with Gasteiger partial charge in [-0.05, 0) is 57.8 Å². The van der Waals surface area contributed by atoms with Crippen molar-refractivity contribution in [3.8, 4) is 28.5 Å². The molecule has 0 aliphatic carbocycles. The maximum Gasteiger partial charge on any atom is 0.387 e. The fourth-order valence-corrected chi connectivity index (χ4v) is 3.84. The number of aromatic amines is 1. The van der Waals surface area contributed by atoms with E-state index in [0.29, 0.717) is 21.9 Å². The van der Waals surface area contributed by atoms with Crippen LogP contribution >= 0.6 is 11.3 Å². The van der Waals surface area contributed by atoms with Gasteiger partial charge in [0.25, 0.3) is 5.56 Å². The van der Waals surface area contributed by atoms with E-state index >= 15 is 0 Å². The highest BCUT2D eigenvalue weighted by atomic mass is 32.1. The SMILES string of the molecule is O=c1[nH]c(O)c(C=NCc2ccc(OC(F)F)c(O)c2)c2cc(-c3ccsc3)ccc12. The lowest BCUT2D eigenvalue weighted by Gasteiger charge is -2.08. The van der Waals surface area contributed by atoms with E-state index < -0.39 is 17.9 Å². The molecule has 0 saturated heterocycles. The summed E-state index contributed by atoms with van der Waals surface area (Å²) in [4.78, 5) is 18.9. The van der Waals surface area contributed by atoms with Gasteiger partial charge in [0.2, 0.25) is 5.88 Å². The van der Waals surface area contributed by atoms with Crippen molar-refractivity contribution < 1.29 is 23.7 Å². The Balaban J connectivity index is 1.66. The Kier molecular flexibility index (Phi) is 5.68. The predicted molar refractivity (Wildman–Crippen MR) is 116 cm³/mol. The van der Waals surface area contributed by atoms with Crippen LogP contribution in [-0.4, -0.2) is 28.0 Å². The number of fused-ring (bicyclic) bond motifs is 1. The number of H-pyrrole nitrogens is 1. The molecule has 2 aromatic carbocycles. The highest BCUT2D eigenvalue weighted by Gasteiger charge is 2.12. The first-order valence-corrected chi connectivity index (χ1v) is 10.0. The fraction of sp³-hybridized carbons (Fsp3) is 0.0909. The monoisotopic (exact) mass is 442 g/mol. The lowest BCUT2D eigenvalue weighted by molar-refractivity contribution is -0.0512. The third-order valence-electron chi connectivity index (χ3n) is 4.63. The Morgan fingerprint density at radius 1 is 1.10 bits per heavy atom. The number of ether oxygens (including phenoxy) is 1. The number of aromatic hydroxyl groups is 2. The molecule has 6 nitrogen and oxygen atoms in total. The average molecular weight is 442 g/mol. The van der Waals surface area contributed by atoms with Crippen molar-refractivity contribution in [2.75, 3.05) is 0 Å². The van der Waals surface area contributed by atoms with Crippen LogP contribution in [0.1, 0.15) is 11.1 Å². The molecule has 0 aliphatic heterocycles. The summed E-state index contributed by atoms with van der Waals surface area (Å²) < 4.78 is 28.8. The summed E-state index contributed by atoms with van der Waals surface area (Å²) in [5, 5.41) is 25.0. The van der Waals surface area contributed by atoms with Gasteiger partial charge in [0, 0.05) is 17.0 Å². The molecule has 0 saturated carbocycles. The van der Waals surface area contributed by atoms with Gasteiger partial charge in [-0.3, -0.25) is 14.8 Å². The Bertz CT molecular complexity index is 1320. The summed E-state index contributed by atoms with van der Waals surface area (Å²) in [6.45, 7) is -2.93. The molecule has 0 amide bonds. The van der Waals surface area contributed by atoms with Crippen LogP contribution in [0.3, 0.4) is 0 Å². The molecular weight excluding hydrogens is 426 g/mol. The molecule has 9 heteroatoms. The highest BCUT2D eigenvalue weighted by Crippen LogP contribution is 2.30. The van der Waals surface area contributed by atoms with E-state index in [4.69, 9.17) is 0 Å². The minimum atomic E-state index is -3.04. The maximum atomic E-state index is 12.3. The number of hydrogen-bond donors (Lipinski definition) is 3. The molecule has 3 N–H and O–H groups in total. The van der Waals surface area contributed by atoms with Crippen molar-refractivity contribution in [1.29, 1.82) is 0 Å². The van der Waals surface area contributed by atoms with Gasteiger partial charge >= 0.3 is 6.61 Å².